The fraction of sp³-hybridized carbons (Fsp3) is 0.444. The Morgan fingerprint density at radius 2 is 1.91 bits per heavy atom. The summed E-state index contributed by atoms with van der Waals surface area (Å²) < 4.78 is 5.32. The first-order valence-corrected chi connectivity index (χ1v) is 12.9. The summed E-state index contributed by atoms with van der Waals surface area (Å²) in [7, 11) is 1.61. The molecule has 2 amide bonds. The molecule has 1 atom stereocenters. The fourth-order valence-electron chi connectivity index (χ4n) is 5.63. The third kappa shape index (κ3) is 4.53. The number of nitrogens with zero attached hydrogens (tertiary/aromatic N) is 2. The molecule has 3 aliphatic rings. The molecule has 2 aliphatic heterocycles. The SMILES string of the molecule is COc1ccc2c(c1)C(CC(=O)N1CCC3(CCN(C(=O)/C=C/c4ccsc4)CC3)C1)CC2=O. The van der Waals surface area contributed by atoms with Crippen molar-refractivity contribution >= 4 is 35.0 Å². The van der Waals surface area contributed by atoms with E-state index in [1.54, 1.807) is 30.6 Å². The molecular weight excluding hydrogens is 448 g/mol. The molecule has 1 aromatic carbocycles. The molecule has 7 heteroatoms. The Labute approximate surface area is 204 Å². The Kier molecular flexibility index (Phi) is 6.30. The Hall–Kier alpha value is -2.93. The number of benzene rings is 1. The summed E-state index contributed by atoms with van der Waals surface area (Å²) in [6, 6.07) is 7.53. The van der Waals surface area contributed by atoms with Gasteiger partial charge in [-0.3, -0.25) is 14.4 Å². The van der Waals surface area contributed by atoms with E-state index in [2.05, 4.69) is 0 Å². The van der Waals surface area contributed by atoms with Crippen LogP contribution in [0, 0.1) is 5.41 Å². The molecular formula is C27H30N2O4S. The predicted octanol–water partition coefficient (Wildman–Crippen LogP) is 4.37. The van der Waals surface area contributed by atoms with Gasteiger partial charge in [0.05, 0.1) is 7.11 Å². The van der Waals surface area contributed by atoms with Crippen molar-refractivity contribution in [3.8, 4) is 5.75 Å². The first kappa shape index (κ1) is 22.8. The average molecular weight is 479 g/mol. The van der Waals surface area contributed by atoms with E-state index in [0.29, 0.717) is 12.8 Å². The van der Waals surface area contributed by atoms with Gasteiger partial charge in [-0.2, -0.15) is 11.3 Å². The fourth-order valence-corrected chi connectivity index (χ4v) is 6.25. The minimum Gasteiger partial charge on any atom is -0.497 e. The normalized spacial score (nSPS) is 21.4. The highest BCUT2D eigenvalue weighted by Gasteiger charge is 2.43. The minimum absolute atomic E-state index is 0.0620. The summed E-state index contributed by atoms with van der Waals surface area (Å²) in [4.78, 5) is 42.1. The van der Waals surface area contributed by atoms with Gasteiger partial charge in [0.25, 0.3) is 0 Å². The molecule has 6 nitrogen and oxygen atoms in total. The number of ether oxygens (including phenoxy) is 1. The van der Waals surface area contributed by atoms with Crippen LogP contribution in [-0.4, -0.2) is 60.7 Å². The third-order valence-corrected chi connectivity index (χ3v) is 8.44. The number of ketones is 1. The number of Topliss-reactive ketones (excluding diaryl/α,β-unsaturated/α-hetero) is 1. The number of hydrogen-bond acceptors (Lipinski definition) is 5. The first-order chi connectivity index (χ1) is 16.5. The number of hydrogen-bond donors (Lipinski definition) is 0. The minimum atomic E-state index is -0.0730. The van der Waals surface area contributed by atoms with Crippen LogP contribution in [0.15, 0.2) is 41.1 Å². The number of piperidine rings is 1. The molecule has 3 heterocycles. The van der Waals surface area contributed by atoms with Gasteiger partial charge in [-0.1, -0.05) is 0 Å². The molecule has 34 heavy (non-hydrogen) atoms. The average Bonchev–Trinajstić information content (AvgIpc) is 3.58. The number of amides is 2. The molecule has 2 saturated heterocycles. The second-order valence-electron chi connectivity index (χ2n) is 9.76. The van der Waals surface area contributed by atoms with Gasteiger partial charge in [-0.15, -0.1) is 0 Å². The highest BCUT2D eigenvalue weighted by Crippen LogP contribution is 2.42. The molecule has 0 N–H and O–H groups in total. The van der Waals surface area contributed by atoms with Gasteiger partial charge in [-0.05, 0) is 76.9 Å². The Morgan fingerprint density at radius 1 is 1.15 bits per heavy atom. The van der Waals surface area contributed by atoms with Gasteiger partial charge < -0.3 is 14.5 Å². The largest absolute Gasteiger partial charge is 0.497 e. The number of carbonyl (C=O) groups excluding carboxylic acids is 3. The van der Waals surface area contributed by atoms with Gasteiger partial charge in [0.2, 0.25) is 11.8 Å². The summed E-state index contributed by atoms with van der Waals surface area (Å²) in [6.45, 7) is 2.99. The van der Waals surface area contributed by atoms with Gasteiger partial charge in [0, 0.05) is 56.6 Å². The summed E-state index contributed by atoms with van der Waals surface area (Å²) in [5.41, 5.74) is 2.83. The van der Waals surface area contributed by atoms with Crippen LogP contribution in [0.5, 0.6) is 5.75 Å². The topological polar surface area (TPSA) is 66.9 Å². The molecule has 1 spiro atoms. The number of thiophene rings is 1. The maximum Gasteiger partial charge on any atom is 0.246 e. The van der Waals surface area contributed by atoms with E-state index in [9.17, 15) is 14.4 Å². The zero-order valence-corrected chi connectivity index (χ0v) is 20.3. The van der Waals surface area contributed by atoms with Crippen molar-refractivity contribution in [2.24, 2.45) is 5.41 Å². The van der Waals surface area contributed by atoms with Crippen LogP contribution in [0.25, 0.3) is 6.08 Å². The van der Waals surface area contributed by atoms with Crippen LogP contribution in [0.3, 0.4) is 0 Å². The molecule has 5 rings (SSSR count). The van der Waals surface area contributed by atoms with E-state index in [4.69, 9.17) is 4.74 Å². The molecule has 2 aromatic rings. The van der Waals surface area contributed by atoms with Crippen molar-refractivity contribution in [2.45, 2.75) is 38.0 Å². The summed E-state index contributed by atoms with van der Waals surface area (Å²) in [6.07, 6.45) is 7.14. The number of rotatable bonds is 5. The maximum absolute atomic E-state index is 13.2. The van der Waals surface area contributed by atoms with Crippen molar-refractivity contribution in [3.05, 3.63) is 57.8 Å². The highest BCUT2D eigenvalue weighted by molar-refractivity contribution is 7.08. The molecule has 1 unspecified atom stereocenters. The Morgan fingerprint density at radius 3 is 2.62 bits per heavy atom. The smallest absolute Gasteiger partial charge is 0.246 e. The lowest BCUT2D eigenvalue weighted by molar-refractivity contribution is -0.132. The summed E-state index contributed by atoms with van der Waals surface area (Å²) in [5.74, 6) is 0.946. The second kappa shape index (κ2) is 9.37. The predicted molar refractivity (Wildman–Crippen MR) is 132 cm³/mol. The van der Waals surface area contributed by atoms with E-state index >= 15 is 0 Å². The van der Waals surface area contributed by atoms with Crippen molar-refractivity contribution in [1.82, 2.24) is 9.80 Å². The maximum atomic E-state index is 13.2. The third-order valence-electron chi connectivity index (χ3n) is 7.74. The number of carbonyl (C=O) groups is 3. The van der Waals surface area contributed by atoms with Gasteiger partial charge >= 0.3 is 0 Å². The van der Waals surface area contributed by atoms with E-state index in [1.165, 1.54) is 0 Å². The van der Waals surface area contributed by atoms with E-state index in [0.717, 1.165) is 67.9 Å². The van der Waals surface area contributed by atoms with Crippen LogP contribution < -0.4 is 4.74 Å². The molecule has 2 fully saturated rings. The summed E-state index contributed by atoms with van der Waals surface area (Å²) in [5, 5.41) is 4.03. The van der Waals surface area contributed by atoms with Gasteiger partial charge in [-0.25, -0.2) is 0 Å². The van der Waals surface area contributed by atoms with E-state index < -0.39 is 0 Å². The monoisotopic (exact) mass is 478 g/mol. The van der Waals surface area contributed by atoms with Crippen LogP contribution >= 0.6 is 11.3 Å². The quantitative estimate of drug-likeness (QED) is 0.599. The van der Waals surface area contributed by atoms with Crippen LogP contribution in [0.2, 0.25) is 0 Å². The van der Waals surface area contributed by atoms with E-state index in [-0.39, 0.29) is 28.9 Å². The zero-order chi connectivity index (χ0) is 23.7. The number of likely N-dealkylation sites (tertiary alicyclic amines) is 2. The Bertz CT molecular complexity index is 1120. The van der Waals surface area contributed by atoms with Crippen LogP contribution in [0.4, 0.5) is 0 Å². The lowest BCUT2D eigenvalue weighted by atomic mass is 9.77. The number of methoxy groups -OCH3 is 1. The molecule has 1 aliphatic carbocycles. The van der Waals surface area contributed by atoms with Crippen molar-refractivity contribution in [3.63, 3.8) is 0 Å². The molecule has 0 saturated carbocycles. The first-order valence-electron chi connectivity index (χ1n) is 11.9. The van der Waals surface area contributed by atoms with Crippen LogP contribution in [-0.2, 0) is 9.59 Å². The Balaban J connectivity index is 1.16. The standard InChI is InChI=1S/C27H30N2O4S/c1-33-21-3-4-22-23(16-21)20(14-24(22)30)15-26(32)29-12-9-27(18-29)7-10-28(11-8-27)25(31)5-2-19-6-13-34-17-19/h2-6,13,16-17,20H,7-12,14-15,18H2,1H3/b5-2+. The summed E-state index contributed by atoms with van der Waals surface area (Å²) >= 11 is 1.62. The van der Waals surface area contributed by atoms with Gasteiger partial charge in [0.1, 0.15) is 5.75 Å². The van der Waals surface area contributed by atoms with Crippen molar-refractivity contribution < 1.29 is 19.1 Å². The second-order valence-corrected chi connectivity index (χ2v) is 10.5. The molecule has 0 radical (unpaired) electrons. The van der Waals surface area contributed by atoms with Gasteiger partial charge in [0.15, 0.2) is 5.78 Å². The zero-order valence-electron chi connectivity index (χ0n) is 19.5. The van der Waals surface area contributed by atoms with Crippen LogP contribution in [0.1, 0.15) is 59.5 Å². The lowest BCUT2D eigenvalue weighted by Crippen LogP contribution is -2.44. The van der Waals surface area contributed by atoms with Crippen molar-refractivity contribution in [1.29, 1.82) is 0 Å². The number of fused-ring (bicyclic) bond motifs is 1. The lowest BCUT2D eigenvalue weighted by Gasteiger charge is -2.39. The van der Waals surface area contributed by atoms with Crippen molar-refractivity contribution in [2.75, 3.05) is 33.3 Å². The highest BCUT2D eigenvalue weighted by atomic mass is 32.1. The molecule has 0 bridgehead atoms. The van der Waals surface area contributed by atoms with E-state index in [1.807, 2.05) is 44.8 Å². The molecule has 1 aromatic heterocycles. The molecule has 178 valence electrons.